The summed E-state index contributed by atoms with van der Waals surface area (Å²) >= 11 is 0. The molecule has 0 aliphatic rings. The van der Waals surface area contributed by atoms with Gasteiger partial charge in [0, 0.05) is 23.7 Å². The van der Waals surface area contributed by atoms with Crippen molar-refractivity contribution in [2.75, 3.05) is 7.11 Å². The van der Waals surface area contributed by atoms with Gasteiger partial charge >= 0.3 is 6.18 Å². The summed E-state index contributed by atoms with van der Waals surface area (Å²) in [4.78, 5) is -0.150. The van der Waals surface area contributed by atoms with Crippen LogP contribution >= 0.6 is 0 Å². The van der Waals surface area contributed by atoms with Crippen molar-refractivity contribution in [2.45, 2.75) is 18.0 Å². The number of aryl methyl sites for hydroxylation is 2. The van der Waals surface area contributed by atoms with Crippen molar-refractivity contribution in [1.82, 2.24) is 9.78 Å². The van der Waals surface area contributed by atoms with Gasteiger partial charge in [-0.2, -0.15) is 18.3 Å². The van der Waals surface area contributed by atoms with Crippen molar-refractivity contribution in [3.8, 4) is 28.1 Å². The van der Waals surface area contributed by atoms with Gasteiger partial charge in [-0.3, -0.25) is 4.68 Å². The highest BCUT2D eigenvalue weighted by Crippen LogP contribution is 2.45. The third kappa shape index (κ3) is 3.85. The lowest BCUT2D eigenvalue weighted by Crippen LogP contribution is -2.13. The number of ether oxygens (including phenoxy) is 1. The summed E-state index contributed by atoms with van der Waals surface area (Å²) < 4.78 is 70.7. The minimum absolute atomic E-state index is 0.0460. The molecule has 0 unspecified atom stereocenters. The number of nitrogens with two attached hydrogens (primary N) is 1. The van der Waals surface area contributed by atoms with E-state index >= 15 is 0 Å². The highest BCUT2D eigenvalue weighted by atomic mass is 32.2. The van der Waals surface area contributed by atoms with E-state index in [1.54, 1.807) is 19.1 Å². The number of halogens is 3. The molecule has 0 radical (unpaired) electrons. The van der Waals surface area contributed by atoms with E-state index in [1.165, 1.54) is 44.5 Å². The van der Waals surface area contributed by atoms with Crippen LogP contribution in [0.4, 0.5) is 13.2 Å². The van der Waals surface area contributed by atoms with Gasteiger partial charge in [0.15, 0.2) is 5.69 Å². The first-order valence-electron chi connectivity index (χ1n) is 8.36. The van der Waals surface area contributed by atoms with E-state index in [-0.39, 0.29) is 21.7 Å². The minimum atomic E-state index is -4.68. The fourth-order valence-electron chi connectivity index (χ4n) is 3.23. The van der Waals surface area contributed by atoms with E-state index in [0.29, 0.717) is 16.9 Å². The number of primary sulfonamides is 1. The van der Waals surface area contributed by atoms with Crippen LogP contribution in [0, 0.1) is 6.92 Å². The number of para-hydroxylation sites is 1. The Hall–Kier alpha value is -2.85. The molecule has 0 aliphatic carbocycles. The Bertz CT molecular complexity index is 1170. The molecule has 1 aromatic heterocycles. The van der Waals surface area contributed by atoms with Crippen molar-refractivity contribution in [3.05, 3.63) is 53.7 Å². The highest BCUT2D eigenvalue weighted by Gasteiger charge is 2.40. The molecular weight excluding hydrogens is 407 g/mol. The summed E-state index contributed by atoms with van der Waals surface area (Å²) in [6.07, 6.45) is -4.68. The van der Waals surface area contributed by atoms with Crippen molar-refractivity contribution in [1.29, 1.82) is 0 Å². The van der Waals surface area contributed by atoms with Crippen LogP contribution in [0.1, 0.15) is 11.3 Å². The third-order valence-corrected chi connectivity index (χ3v) is 5.39. The first-order valence-corrected chi connectivity index (χ1v) is 9.91. The first kappa shape index (κ1) is 20.9. The summed E-state index contributed by atoms with van der Waals surface area (Å²) in [7, 11) is -1.34. The van der Waals surface area contributed by atoms with Crippen molar-refractivity contribution < 1.29 is 26.3 Å². The summed E-state index contributed by atoms with van der Waals surface area (Å²) in [5.74, 6) is 0.299. The molecule has 0 amide bonds. The molecule has 3 rings (SSSR count). The molecule has 0 fully saturated rings. The van der Waals surface area contributed by atoms with E-state index in [0.717, 1.165) is 4.68 Å². The fourth-order valence-corrected chi connectivity index (χ4v) is 3.74. The monoisotopic (exact) mass is 425 g/mol. The molecule has 10 heteroatoms. The van der Waals surface area contributed by atoms with E-state index in [2.05, 4.69) is 5.10 Å². The maximum Gasteiger partial charge on any atom is 0.433 e. The van der Waals surface area contributed by atoms with E-state index in [1.807, 2.05) is 0 Å². The van der Waals surface area contributed by atoms with Gasteiger partial charge in [0.2, 0.25) is 10.0 Å². The Balaban J connectivity index is 2.35. The lowest BCUT2D eigenvalue weighted by Gasteiger charge is -2.15. The molecule has 1 heterocycles. The number of benzene rings is 2. The molecule has 2 aromatic carbocycles. The Morgan fingerprint density at radius 3 is 2.24 bits per heavy atom. The largest absolute Gasteiger partial charge is 0.496 e. The lowest BCUT2D eigenvalue weighted by atomic mass is 9.96. The zero-order valence-electron chi connectivity index (χ0n) is 15.8. The second-order valence-electron chi connectivity index (χ2n) is 6.42. The zero-order chi connectivity index (χ0) is 21.6. The van der Waals surface area contributed by atoms with Crippen molar-refractivity contribution in [2.24, 2.45) is 12.2 Å². The predicted octanol–water partition coefficient (Wildman–Crippen LogP) is 3.74. The molecule has 2 N–H and O–H groups in total. The molecule has 29 heavy (non-hydrogen) atoms. The van der Waals surface area contributed by atoms with Crippen LogP contribution in [0.5, 0.6) is 5.75 Å². The Morgan fingerprint density at radius 1 is 1.10 bits per heavy atom. The van der Waals surface area contributed by atoms with Crippen molar-refractivity contribution in [3.63, 3.8) is 0 Å². The van der Waals surface area contributed by atoms with Crippen LogP contribution in [-0.2, 0) is 23.2 Å². The van der Waals surface area contributed by atoms with E-state index in [4.69, 9.17) is 9.88 Å². The number of rotatable bonds is 4. The normalized spacial score (nSPS) is 12.2. The summed E-state index contributed by atoms with van der Waals surface area (Å²) in [6, 6.07) is 10.1. The van der Waals surface area contributed by atoms with Gasteiger partial charge in [-0.15, -0.1) is 0 Å². The minimum Gasteiger partial charge on any atom is -0.496 e. The van der Waals surface area contributed by atoms with Crippen LogP contribution in [0.25, 0.3) is 22.4 Å². The molecular formula is C19H18F3N3O3S. The maximum atomic E-state index is 13.9. The van der Waals surface area contributed by atoms with Gasteiger partial charge in [-0.1, -0.05) is 30.3 Å². The van der Waals surface area contributed by atoms with Gasteiger partial charge in [0.25, 0.3) is 0 Å². The second kappa shape index (κ2) is 7.20. The topological polar surface area (TPSA) is 87.2 Å². The van der Waals surface area contributed by atoms with Gasteiger partial charge in [-0.05, 0) is 24.6 Å². The smallest absolute Gasteiger partial charge is 0.433 e. The van der Waals surface area contributed by atoms with Gasteiger partial charge in [0.1, 0.15) is 11.4 Å². The SMILES string of the molecule is COc1c(C)cccc1-c1c(-c2ccc(S(N)(=O)=O)cc2)nn(C)c1C(F)(F)F. The summed E-state index contributed by atoms with van der Waals surface area (Å²) in [5, 5.41) is 9.17. The van der Waals surface area contributed by atoms with Gasteiger partial charge < -0.3 is 4.74 Å². The van der Waals surface area contributed by atoms with E-state index in [9.17, 15) is 21.6 Å². The van der Waals surface area contributed by atoms with Crippen LogP contribution in [0.2, 0.25) is 0 Å². The van der Waals surface area contributed by atoms with Crippen LogP contribution in [-0.4, -0.2) is 25.3 Å². The average Bonchev–Trinajstić information content (AvgIpc) is 2.98. The number of alkyl halides is 3. The predicted molar refractivity (Wildman–Crippen MR) is 102 cm³/mol. The Kier molecular flexibility index (Phi) is 5.18. The molecule has 3 aromatic rings. The van der Waals surface area contributed by atoms with Gasteiger partial charge in [0.05, 0.1) is 12.0 Å². The molecule has 0 saturated heterocycles. The average molecular weight is 425 g/mol. The summed E-state index contributed by atoms with van der Waals surface area (Å²) in [6.45, 7) is 1.73. The van der Waals surface area contributed by atoms with Crippen LogP contribution < -0.4 is 9.88 Å². The number of methoxy groups -OCH3 is 1. The van der Waals surface area contributed by atoms with Crippen LogP contribution in [0.3, 0.4) is 0 Å². The third-order valence-electron chi connectivity index (χ3n) is 4.46. The molecule has 0 saturated carbocycles. The molecule has 154 valence electrons. The van der Waals surface area contributed by atoms with Crippen molar-refractivity contribution >= 4 is 10.0 Å². The first-order chi connectivity index (χ1) is 13.4. The number of aromatic nitrogens is 2. The summed E-state index contributed by atoms with van der Waals surface area (Å²) in [5.41, 5.74) is 0.165. The number of sulfonamides is 1. The van der Waals surface area contributed by atoms with E-state index < -0.39 is 21.9 Å². The number of hydrogen-bond donors (Lipinski definition) is 1. The lowest BCUT2D eigenvalue weighted by molar-refractivity contribution is -0.143. The molecule has 0 spiro atoms. The van der Waals surface area contributed by atoms with Crippen LogP contribution in [0.15, 0.2) is 47.4 Å². The quantitative estimate of drug-likeness (QED) is 0.690. The molecule has 6 nitrogen and oxygen atoms in total. The number of nitrogens with zero attached hydrogens (tertiary/aromatic N) is 2. The highest BCUT2D eigenvalue weighted by molar-refractivity contribution is 7.89. The maximum absolute atomic E-state index is 13.9. The Morgan fingerprint density at radius 2 is 1.72 bits per heavy atom. The standard InChI is InChI=1S/C19H18F3N3O3S/c1-11-5-4-6-14(17(11)28-3)15-16(24-25(2)18(15)19(20,21)22)12-7-9-13(10-8-12)29(23,26)27/h4-10H,1-3H3,(H2,23,26,27). The Labute approximate surface area is 165 Å². The molecule has 0 atom stereocenters. The fraction of sp³-hybridized carbons (Fsp3) is 0.211. The zero-order valence-corrected chi connectivity index (χ0v) is 16.6. The molecule has 0 aliphatic heterocycles. The second-order valence-corrected chi connectivity index (χ2v) is 7.98. The number of hydrogen-bond acceptors (Lipinski definition) is 4. The van der Waals surface area contributed by atoms with Gasteiger partial charge in [-0.25, -0.2) is 13.6 Å². The molecule has 0 bridgehead atoms.